The Kier molecular flexibility index (Phi) is 4.77. The third-order valence-electron chi connectivity index (χ3n) is 2.77. The lowest BCUT2D eigenvalue weighted by atomic mass is 10.1. The molecule has 1 N–H and O–H groups in total. The number of nitro groups is 1. The van der Waals surface area contributed by atoms with Crippen LogP contribution in [0.2, 0.25) is 10.0 Å². The summed E-state index contributed by atoms with van der Waals surface area (Å²) >= 11 is 11.9. The normalized spacial score (nSPS) is 10.2. The number of rotatable bonds is 5. The van der Waals surface area contributed by atoms with E-state index in [9.17, 15) is 14.9 Å². The first-order chi connectivity index (χ1) is 9.99. The first-order valence-corrected chi connectivity index (χ1v) is 6.70. The molecule has 21 heavy (non-hydrogen) atoms. The van der Waals surface area contributed by atoms with Gasteiger partial charge in [0, 0.05) is 17.7 Å². The molecule has 0 radical (unpaired) electrons. The standard InChI is InChI=1S/C14H10Cl2N2O3/c15-11-5-2-6-12(14(11)16)17-8-13(19)9-3-1-4-10(7-9)18(20)21/h1-7,17H,8H2. The van der Waals surface area contributed by atoms with Crippen molar-refractivity contribution in [3.05, 3.63) is 68.2 Å². The van der Waals surface area contributed by atoms with Crippen molar-refractivity contribution in [3.63, 3.8) is 0 Å². The highest BCUT2D eigenvalue weighted by Gasteiger charge is 2.12. The van der Waals surface area contributed by atoms with Crippen LogP contribution in [0.3, 0.4) is 0 Å². The largest absolute Gasteiger partial charge is 0.376 e. The Balaban J connectivity index is 2.10. The summed E-state index contributed by atoms with van der Waals surface area (Å²) in [7, 11) is 0. The second kappa shape index (κ2) is 6.56. The summed E-state index contributed by atoms with van der Waals surface area (Å²) in [5.74, 6) is -0.283. The molecule has 0 amide bonds. The van der Waals surface area contributed by atoms with E-state index in [4.69, 9.17) is 23.2 Å². The molecular weight excluding hydrogens is 315 g/mol. The van der Waals surface area contributed by atoms with E-state index in [1.54, 1.807) is 18.2 Å². The van der Waals surface area contributed by atoms with E-state index in [0.717, 1.165) is 0 Å². The van der Waals surface area contributed by atoms with Gasteiger partial charge in [-0.05, 0) is 12.1 Å². The van der Waals surface area contributed by atoms with Crippen molar-refractivity contribution in [1.82, 2.24) is 0 Å². The van der Waals surface area contributed by atoms with Crippen LogP contribution in [-0.2, 0) is 0 Å². The van der Waals surface area contributed by atoms with Gasteiger partial charge in [0.25, 0.3) is 5.69 Å². The maximum Gasteiger partial charge on any atom is 0.270 e. The van der Waals surface area contributed by atoms with Crippen molar-refractivity contribution in [1.29, 1.82) is 0 Å². The molecule has 0 atom stereocenters. The molecule has 7 heteroatoms. The zero-order valence-electron chi connectivity index (χ0n) is 10.7. The smallest absolute Gasteiger partial charge is 0.270 e. The Morgan fingerprint density at radius 2 is 1.90 bits per heavy atom. The molecule has 0 bridgehead atoms. The summed E-state index contributed by atoms with van der Waals surface area (Å²) in [6.45, 7) is -0.0404. The second-order valence-electron chi connectivity index (χ2n) is 4.19. The highest BCUT2D eigenvalue weighted by atomic mass is 35.5. The van der Waals surface area contributed by atoms with Crippen LogP contribution >= 0.6 is 23.2 Å². The molecule has 0 saturated heterocycles. The van der Waals surface area contributed by atoms with E-state index < -0.39 is 4.92 Å². The third-order valence-corrected chi connectivity index (χ3v) is 3.59. The Morgan fingerprint density at radius 3 is 2.62 bits per heavy atom. The van der Waals surface area contributed by atoms with E-state index in [1.165, 1.54) is 24.3 Å². The van der Waals surface area contributed by atoms with Gasteiger partial charge in [0.2, 0.25) is 0 Å². The van der Waals surface area contributed by atoms with Gasteiger partial charge in [-0.1, -0.05) is 41.4 Å². The van der Waals surface area contributed by atoms with Gasteiger partial charge in [-0.3, -0.25) is 14.9 Å². The van der Waals surface area contributed by atoms with Gasteiger partial charge in [-0.2, -0.15) is 0 Å². The van der Waals surface area contributed by atoms with Gasteiger partial charge in [0.1, 0.15) is 0 Å². The van der Waals surface area contributed by atoms with Crippen molar-refractivity contribution in [2.45, 2.75) is 0 Å². The Hall–Kier alpha value is -2.11. The number of anilines is 1. The molecule has 0 aliphatic carbocycles. The number of nitro benzene ring substituents is 1. The van der Waals surface area contributed by atoms with Crippen LogP contribution in [0.15, 0.2) is 42.5 Å². The van der Waals surface area contributed by atoms with Crippen LogP contribution in [0.4, 0.5) is 11.4 Å². The van der Waals surface area contributed by atoms with Gasteiger partial charge >= 0.3 is 0 Å². The summed E-state index contributed by atoms with van der Waals surface area (Å²) in [6, 6.07) is 10.6. The van der Waals surface area contributed by atoms with Gasteiger partial charge in [0.15, 0.2) is 5.78 Å². The number of ketones is 1. The Bertz CT molecular complexity index is 704. The van der Waals surface area contributed by atoms with Gasteiger partial charge in [-0.15, -0.1) is 0 Å². The Labute approximate surface area is 130 Å². The summed E-state index contributed by atoms with van der Waals surface area (Å²) in [4.78, 5) is 22.2. The van der Waals surface area contributed by atoms with Gasteiger partial charge in [-0.25, -0.2) is 0 Å². The molecule has 0 spiro atoms. The maximum absolute atomic E-state index is 12.0. The number of carbonyl (C=O) groups excluding carboxylic acids is 1. The van der Waals surface area contributed by atoms with Crippen molar-refractivity contribution in [2.24, 2.45) is 0 Å². The van der Waals surface area contributed by atoms with E-state index >= 15 is 0 Å². The van der Waals surface area contributed by atoms with Crippen molar-refractivity contribution in [3.8, 4) is 0 Å². The molecule has 5 nitrogen and oxygen atoms in total. The highest BCUT2D eigenvalue weighted by Crippen LogP contribution is 2.29. The van der Waals surface area contributed by atoms with Gasteiger partial charge in [0.05, 0.1) is 27.2 Å². The number of hydrogen-bond donors (Lipinski definition) is 1. The summed E-state index contributed by atoms with van der Waals surface area (Å²) in [5.41, 5.74) is 0.666. The fraction of sp³-hybridized carbons (Fsp3) is 0.0714. The molecule has 2 aromatic rings. The summed E-state index contributed by atoms with van der Waals surface area (Å²) in [6.07, 6.45) is 0. The molecule has 0 fully saturated rings. The molecule has 108 valence electrons. The van der Waals surface area contributed by atoms with Crippen LogP contribution in [0.25, 0.3) is 0 Å². The topological polar surface area (TPSA) is 72.2 Å². The molecule has 0 unspecified atom stereocenters. The third kappa shape index (κ3) is 3.71. The number of halogens is 2. The molecule has 2 aromatic carbocycles. The van der Waals surface area contributed by atoms with Crippen LogP contribution in [0.5, 0.6) is 0 Å². The van der Waals surface area contributed by atoms with Crippen molar-refractivity contribution < 1.29 is 9.72 Å². The fourth-order valence-electron chi connectivity index (χ4n) is 1.71. The lowest BCUT2D eigenvalue weighted by molar-refractivity contribution is -0.384. The van der Waals surface area contributed by atoms with E-state index in [-0.39, 0.29) is 23.6 Å². The van der Waals surface area contributed by atoms with Crippen LogP contribution < -0.4 is 5.32 Å². The Morgan fingerprint density at radius 1 is 1.19 bits per heavy atom. The maximum atomic E-state index is 12.0. The molecule has 0 aromatic heterocycles. The van der Waals surface area contributed by atoms with Gasteiger partial charge < -0.3 is 5.32 Å². The number of benzene rings is 2. The molecule has 0 heterocycles. The lowest BCUT2D eigenvalue weighted by Gasteiger charge is -2.08. The fourth-order valence-corrected chi connectivity index (χ4v) is 2.08. The predicted octanol–water partition coefficient (Wildman–Crippen LogP) is 4.20. The lowest BCUT2D eigenvalue weighted by Crippen LogP contribution is -2.14. The number of hydrogen-bond acceptors (Lipinski definition) is 4. The molecule has 0 aliphatic heterocycles. The predicted molar refractivity (Wildman–Crippen MR) is 82.4 cm³/mol. The first kappa shape index (κ1) is 15.3. The first-order valence-electron chi connectivity index (χ1n) is 5.94. The SMILES string of the molecule is O=C(CNc1cccc(Cl)c1Cl)c1cccc([N+](=O)[O-])c1. The molecule has 0 aliphatic rings. The summed E-state index contributed by atoms with van der Waals surface area (Å²) in [5, 5.41) is 14.3. The quantitative estimate of drug-likeness (QED) is 0.508. The minimum absolute atomic E-state index is 0.0404. The number of carbonyl (C=O) groups is 1. The second-order valence-corrected chi connectivity index (χ2v) is 4.97. The van der Waals surface area contributed by atoms with Crippen LogP contribution in [0, 0.1) is 10.1 Å². The minimum Gasteiger partial charge on any atom is -0.376 e. The van der Waals surface area contributed by atoms with Crippen molar-refractivity contribution >= 4 is 40.4 Å². The summed E-state index contributed by atoms with van der Waals surface area (Å²) < 4.78 is 0. The number of non-ortho nitro benzene ring substituents is 1. The molecule has 2 rings (SSSR count). The molecule has 0 saturated carbocycles. The average molecular weight is 325 g/mol. The molecular formula is C14H10Cl2N2O3. The average Bonchev–Trinajstić information content (AvgIpc) is 2.48. The zero-order chi connectivity index (χ0) is 15.4. The minimum atomic E-state index is -0.544. The van der Waals surface area contributed by atoms with Crippen LogP contribution in [0.1, 0.15) is 10.4 Å². The number of nitrogens with zero attached hydrogens (tertiary/aromatic N) is 1. The number of nitrogens with one attached hydrogen (secondary N) is 1. The van der Waals surface area contributed by atoms with E-state index in [0.29, 0.717) is 15.7 Å². The number of Topliss-reactive ketones (excluding diaryl/α,β-unsaturated/α-hetero) is 1. The zero-order valence-corrected chi connectivity index (χ0v) is 12.2. The highest BCUT2D eigenvalue weighted by molar-refractivity contribution is 6.43. The van der Waals surface area contributed by atoms with E-state index in [1.807, 2.05) is 0 Å². The van der Waals surface area contributed by atoms with Crippen LogP contribution in [-0.4, -0.2) is 17.3 Å². The monoisotopic (exact) mass is 324 g/mol. The van der Waals surface area contributed by atoms with Crippen molar-refractivity contribution in [2.75, 3.05) is 11.9 Å². The van der Waals surface area contributed by atoms with E-state index in [2.05, 4.69) is 5.32 Å².